The molecule has 1 saturated heterocycles. The first-order chi connectivity index (χ1) is 13.5. The first-order valence-electron chi connectivity index (χ1n) is 10.7. The molecule has 2 atom stereocenters. The predicted molar refractivity (Wildman–Crippen MR) is 119 cm³/mol. The summed E-state index contributed by atoms with van der Waals surface area (Å²) in [5.41, 5.74) is 2.33. The lowest BCUT2D eigenvalue weighted by Crippen LogP contribution is -2.53. The lowest BCUT2D eigenvalue weighted by atomic mass is 9.65. The summed E-state index contributed by atoms with van der Waals surface area (Å²) in [5.74, 6) is -0.268. The Labute approximate surface area is 178 Å². The fourth-order valence-electron chi connectivity index (χ4n) is 4.44. The van der Waals surface area contributed by atoms with E-state index in [9.17, 15) is 9.90 Å². The van der Waals surface area contributed by atoms with Crippen molar-refractivity contribution in [3.05, 3.63) is 22.3 Å². The molecule has 1 N–H and O–H groups in total. The van der Waals surface area contributed by atoms with E-state index in [-0.39, 0.29) is 5.41 Å². The number of carboxylic acids is 1. The van der Waals surface area contributed by atoms with E-state index in [2.05, 4.69) is 48.6 Å². The summed E-state index contributed by atoms with van der Waals surface area (Å²) >= 11 is 1.69. The van der Waals surface area contributed by atoms with Crippen LogP contribution in [0.5, 0.6) is 0 Å². The highest BCUT2D eigenvalue weighted by Crippen LogP contribution is 2.45. The molecule has 0 amide bonds. The number of aliphatic carboxylic acids is 1. The van der Waals surface area contributed by atoms with Crippen LogP contribution in [0.2, 0.25) is 0 Å². The monoisotopic (exact) mass is 417 g/mol. The zero-order chi connectivity index (χ0) is 21.4. The van der Waals surface area contributed by atoms with Gasteiger partial charge < -0.3 is 5.11 Å². The van der Waals surface area contributed by atoms with Crippen molar-refractivity contribution < 1.29 is 9.90 Å². The Morgan fingerprint density at radius 3 is 2.62 bits per heavy atom. The molecule has 5 nitrogen and oxygen atoms in total. The quantitative estimate of drug-likeness (QED) is 0.678. The van der Waals surface area contributed by atoms with Gasteiger partial charge in [-0.2, -0.15) is 0 Å². The molecule has 6 heteroatoms. The molecule has 0 spiro atoms. The Hall–Kier alpha value is -1.53. The molecule has 1 fully saturated rings. The highest BCUT2D eigenvalue weighted by Gasteiger charge is 2.47. The minimum atomic E-state index is -0.646. The van der Waals surface area contributed by atoms with Gasteiger partial charge in [-0.1, -0.05) is 40.5 Å². The van der Waals surface area contributed by atoms with Crippen LogP contribution in [0.4, 0.5) is 0 Å². The minimum absolute atomic E-state index is 0.0864. The molecule has 1 aliphatic rings. The maximum Gasteiger partial charge on any atom is 0.310 e. The molecule has 0 saturated carbocycles. The number of unbranched alkanes of at least 4 members (excludes halogenated alkanes) is 1. The van der Waals surface area contributed by atoms with E-state index in [0.717, 1.165) is 60.5 Å². The number of piperidine rings is 1. The van der Waals surface area contributed by atoms with Crippen LogP contribution in [-0.2, 0) is 11.3 Å². The molecule has 2 aromatic rings. The van der Waals surface area contributed by atoms with Gasteiger partial charge in [0.2, 0.25) is 0 Å². The molecule has 29 heavy (non-hydrogen) atoms. The van der Waals surface area contributed by atoms with Crippen LogP contribution in [0.15, 0.2) is 6.07 Å². The smallest absolute Gasteiger partial charge is 0.310 e. The summed E-state index contributed by atoms with van der Waals surface area (Å²) in [6.45, 7) is 15.2. The van der Waals surface area contributed by atoms with Gasteiger partial charge in [-0.3, -0.25) is 9.69 Å². The van der Waals surface area contributed by atoms with Crippen molar-refractivity contribution in [3.63, 3.8) is 0 Å². The maximum atomic E-state index is 12.4. The molecular formula is C23H35N3O2S. The third-order valence-corrected chi connectivity index (χ3v) is 7.54. The average molecular weight is 418 g/mol. The van der Waals surface area contributed by atoms with Crippen molar-refractivity contribution in [2.45, 2.75) is 73.8 Å². The first kappa shape index (κ1) is 22.2. The van der Waals surface area contributed by atoms with Crippen LogP contribution in [0.3, 0.4) is 0 Å². The fraction of sp³-hybridized carbons (Fsp3) is 0.696. The highest BCUT2D eigenvalue weighted by molar-refractivity contribution is 7.18. The Morgan fingerprint density at radius 1 is 1.31 bits per heavy atom. The number of hydrogen-bond donors (Lipinski definition) is 1. The number of likely N-dealkylation sites (tertiary alicyclic amines) is 1. The van der Waals surface area contributed by atoms with Crippen molar-refractivity contribution >= 4 is 27.7 Å². The third kappa shape index (κ3) is 4.80. The highest BCUT2D eigenvalue weighted by atomic mass is 32.1. The van der Waals surface area contributed by atoms with Gasteiger partial charge in [0, 0.05) is 24.5 Å². The number of thiophene rings is 1. The van der Waals surface area contributed by atoms with Crippen molar-refractivity contribution in [2.75, 3.05) is 13.1 Å². The van der Waals surface area contributed by atoms with Crippen LogP contribution in [0, 0.1) is 30.6 Å². The average Bonchev–Trinajstić information content (AvgIpc) is 3.00. The van der Waals surface area contributed by atoms with Crippen LogP contribution < -0.4 is 0 Å². The maximum absolute atomic E-state index is 12.4. The van der Waals surface area contributed by atoms with Gasteiger partial charge in [-0.15, -0.1) is 11.3 Å². The second-order valence-corrected chi connectivity index (χ2v) is 11.0. The van der Waals surface area contributed by atoms with Gasteiger partial charge in [-0.25, -0.2) is 9.97 Å². The van der Waals surface area contributed by atoms with Gasteiger partial charge in [0.1, 0.15) is 10.3 Å². The molecule has 0 radical (unpaired) electrons. The van der Waals surface area contributed by atoms with Gasteiger partial charge >= 0.3 is 5.97 Å². The molecule has 3 heterocycles. The molecule has 0 aliphatic carbocycles. The van der Waals surface area contributed by atoms with E-state index in [0.29, 0.717) is 12.5 Å². The van der Waals surface area contributed by atoms with Gasteiger partial charge in [0.25, 0.3) is 0 Å². The summed E-state index contributed by atoms with van der Waals surface area (Å²) in [7, 11) is 0. The van der Waals surface area contributed by atoms with Crippen LogP contribution in [-0.4, -0.2) is 39.0 Å². The molecule has 160 valence electrons. The summed E-state index contributed by atoms with van der Waals surface area (Å²) in [5, 5.41) is 10.2. The first-order valence-corrected chi connectivity index (χ1v) is 11.5. The Kier molecular flexibility index (Phi) is 6.35. The standard InChI is InChI=1S/C23H35N3O2S/c1-7-8-9-23(21(27)28)11-17(22(4,5)6)12-26(14-23)13-18-10-19-20(29-18)25-16(3)15(2)24-19/h10,17H,7-9,11-14H2,1-6H3,(H,27,28)/t17-,23-/m1/s1. The summed E-state index contributed by atoms with van der Waals surface area (Å²) in [6.07, 6.45) is 3.53. The number of hydrogen-bond acceptors (Lipinski definition) is 5. The molecular weight excluding hydrogens is 382 g/mol. The number of nitrogens with zero attached hydrogens (tertiary/aromatic N) is 3. The van der Waals surface area contributed by atoms with Crippen molar-refractivity contribution in [1.29, 1.82) is 0 Å². The fourth-order valence-corrected chi connectivity index (χ4v) is 5.49. The Morgan fingerprint density at radius 2 is 2.00 bits per heavy atom. The Balaban J connectivity index is 1.89. The lowest BCUT2D eigenvalue weighted by molar-refractivity contribution is -0.157. The van der Waals surface area contributed by atoms with Gasteiger partial charge in [0.15, 0.2) is 0 Å². The molecule has 2 aromatic heterocycles. The van der Waals surface area contributed by atoms with E-state index in [1.165, 1.54) is 4.88 Å². The summed E-state index contributed by atoms with van der Waals surface area (Å²) in [4.78, 5) is 26.3. The number of aromatic nitrogens is 2. The number of carbonyl (C=O) groups is 1. The van der Waals surface area contributed by atoms with E-state index in [4.69, 9.17) is 0 Å². The molecule has 0 bridgehead atoms. The Bertz CT molecular complexity index is 847. The molecule has 0 unspecified atom stereocenters. The van der Waals surface area contributed by atoms with E-state index >= 15 is 0 Å². The van der Waals surface area contributed by atoms with E-state index in [1.54, 1.807) is 11.3 Å². The second kappa shape index (κ2) is 8.31. The van der Waals surface area contributed by atoms with Crippen molar-refractivity contribution in [1.82, 2.24) is 14.9 Å². The summed E-state index contributed by atoms with van der Waals surface area (Å²) < 4.78 is 0. The number of aryl methyl sites for hydroxylation is 2. The normalized spacial score (nSPS) is 23.6. The van der Waals surface area contributed by atoms with Crippen LogP contribution in [0.25, 0.3) is 10.3 Å². The van der Waals surface area contributed by atoms with Crippen molar-refractivity contribution in [2.24, 2.45) is 16.7 Å². The van der Waals surface area contributed by atoms with Gasteiger partial charge in [-0.05, 0) is 44.1 Å². The zero-order valence-electron chi connectivity index (χ0n) is 18.7. The molecule has 1 aliphatic heterocycles. The van der Waals surface area contributed by atoms with Crippen molar-refractivity contribution in [3.8, 4) is 0 Å². The number of rotatable bonds is 6. The van der Waals surface area contributed by atoms with E-state index in [1.807, 2.05) is 13.8 Å². The minimum Gasteiger partial charge on any atom is -0.481 e. The molecule has 0 aromatic carbocycles. The largest absolute Gasteiger partial charge is 0.481 e. The third-order valence-electron chi connectivity index (χ3n) is 6.53. The lowest BCUT2D eigenvalue weighted by Gasteiger charge is -2.48. The topological polar surface area (TPSA) is 66.3 Å². The SMILES string of the molecule is CCCC[C@@]1(C(=O)O)C[C@@H](C(C)(C)C)CN(Cc2cc3nc(C)c(C)nc3s2)C1. The van der Waals surface area contributed by atoms with Gasteiger partial charge in [0.05, 0.1) is 16.8 Å². The number of carboxylic acid groups (broad SMARTS) is 1. The summed E-state index contributed by atoms with van der Waals surface area (Å²) in [6, 6.07) is 2.13. The molecule has 3 rings (SSSR count). The number of fused-ring (bicyclic) bond motifs is 1. The zero-order valence-corrected chi connectivity index (χ0v) is 19.5. The van der Waals surface area contributed by atoms with Crippen LogP contribution in [0.1, 0.15) is 69.6 Å². The van der Waals surface area contributed by atoms with E-state index < -0.39 is 11.4 Å². The second-order valence-electron chi connectivity index (χ2n) is 9.92. The van der Waals surface area contributed by atoms with Crippen LogP contribution >= 0.6 is 11.3 Å². The predicted octanol–water partition coefficient (Wildman–Crippen LogP) is 5.44.